The van der Waals surface area contributed by atoms with E-state index < -0.39 is 34.8 Å². The Labute approximate surface area is 224 Å². The zero-order valence-electron chi connectivity index (χ0n) is 21.5. The highest BCUT2D eigenvalue weighted by atomic mass is 35.5. The highest BCUT2D eigenvalue weighted by Crippen LogP contribution is 2.34. The molecule has 8 nitrogen and oxygen atoms in total. The predicted octanol–water partition coefficient (Wildman–Crippen LogP) is 4.82. The largest absolute Gasteiger partial charge is 0.460 e. The van der Waals surface area contributed by atoms with Gasteiger partial charge in [0.1, 0.15) is 11.3 Å². The van der Waals surface area contributed by atoms with Crippen LogP contribution < -0.4 is 10.6 Å². The third-order valence-electron chi connectivity index (χ3n) is 6.74. The van der Waals surface area contributed by atoms with Crippen LogP contribution in [0.2, 0.25) is 5.02 Å². The van der Waals surface area contributed by atoms with Crippen LogP contribution in [0, 0.1) is 17.6 Å². The van der Waals surface area contributed by atoms with Gasteiger partial charge in [0.15, 0.2) is 11.6 Å². The molecule has 2 heterocycles. The van der Waals surface area contributed by atoms with Crippen molar-refractivity contribution in [2.24, 2.45) is 5.92 Å². The molecule has 11 heteroatoms. The summed E-state index contributed by atoms with van der Waals surface area (Å²) >= 11 is 6.49. The molecule has 1 fully saturated rings. The van der Waals surface area contributed by atoms with Gasteiger partial charge in [0.2, 0.25) is 0 Å². The number of benzene rings is 1. The van der Waals surface area contributed by atoms with E-state index in [1.165, 1.54) is 6.07 Å². The van der Waals surface area contributed by atoms with Crippen LogP contribution in [-0.4, -0.2) is 39.8 Å². The van der Waals surface area contributed by atoms with E-state index in [1.54, 1.807) is 4.57 Å². The lowest BCUT2D eigenvalue weighted by atomic mass is 9.86. The molecule has 0 radical (unpaired) electrons. The van der Waals surface area contributed by atoms with Crippen molar-refractivity contribution in [2.45, 2.75) is 77.5 Å². The molecule has 0 atom stereocenters. The molecule has 38 heavy (non-hydrogen) atoms. The number of nitrogens with one attached hydrogen (secondary N) is 2. The van der Waals surface area contributed by atoms with Gasteiger partial charge in [-0.3, -0.25) is 19.2 Å². The standard InChI is InChI=1S/C27H30ClF2N3O5/c1-27(2,3)38-26(37)14-6-8-15(9-7-14)31-25(36)23(34)22-21(28)20(19-5-4-12-33(19)22)24(35)32-16-10-11-17(29)18(30)13-16/h10-11,13-15H,4-9,12H2,1-3H3,(H,31,36)(H,32,35)/t14-,15+. The van der Waals surface area contributed by atoms with E-state index in [2.05, 4.69) is 10.6 Å². The minimum Gasteiger partial charge on any atom is -0.460 e. The van der Waals surface area contributed by atoms with Crippen molar-refractivity contribution in [3.8, 4) is 0 Å². The quantitative estimate of drug-likeness (QED) is 0.305. The second-order valence-corrected chi connectivity index (χ2v) is 11.1. The Morgan fingerprint density at radius 1 is 1.05 bits per heavy atom. The molecule has 204 valence electrons. The number of amides is 2. The SMILES string of the molecule is CC(C)(C)OC(=O)[C@H]1CC[C@@H](NC(=O)C(=O)c2c(Cl)c(C(=O)Nc3ccc(F)c(F)c3)c3n2CCC3)CC1. The Morgan fingerprint density at radius 3 is 2.37 bits per heavy atom. The van der Waals surface area contributed by atoms with Crippen LogP contribution in [0.4, 0.5) is 14.5 Å². The minimum atomic E-state index is -1.12. The van der Waals surface area contributed by atoms with Gasteiger partial charge in [-0.15, -0.1) is 0 Å². The number of fused-ring (bicyclic) bond motifs is 1. The average Bonchev–Trinajstić information content (AvgIpc) is 3.39. The summed E-state index contributed by atoms with van der Waals surface area (Å²) in [7, 11) is 0. The van der Waals surface area contributed by atoms with Crippen molar-refractivity contribution >= 4 is 40.9 Å². The lowest BCUT2D eigenvalue weighted by Crippen LogP contribution is -2.43. The van der Waals surface area contributed by atoms with Crippen molar-refractivity contribution in [3.63, 3.8) is 0 Å². The average molecular weight is 550 g/mol. The lowest BCUT2D eigenvalue weighted by Gasteiger charge is -2.30. The number of halogens is 3. The van der Waals surface area contributed by atoms with E-state index in [0.29, 0.717) is 50.8 Å². The number of anilines is 1. The van der Waals surface area contributed by atoms with Gasteiger partial charge in [-0.05, 0) is 71.4 Å². The number of Topliss-reactive ketones (excluding diaryl/α,β-unsaturated/α-hetero) is 1. The summed E-state index contributed by atoms with van der Waals surface area (Å²) in [5.41, 5.74) is -0.0897. The Bertz CT molecular complexity index is 1290. The second-order valence-electron chi connectivity index (χ2n) is 10.7. The monoisotopic (exact) mass is 549 g/mol. The smallest absolute Gasteiger partial charge is 0.309 e. The molecule has 1 aromatic carbocycles. The molecule has 1 aliphatic heterocycles. The van der Waals surface area contributed by atoms with Gasteiger partial charge >= 0.3 is 5.97 Å². The first-order valence-corrected chi connectivity index (χ1v) is 13.0. The molecule has 0 spiro atoms. The van der Waals surface area contributed by atoms with Gasteiger partial charge in [0.05, 0.1) is 16.5 Å². The van der Waals surface area contributed by atoms with Gasteiger partial charge in [0, 0.05) is 30.0 Å². The number of ether oxygens (including phenoxy) is 1. The van der Waals surface area contributed by atoms with Crippen LogP contribution in [-0.2, 0) is 27.3 Å². The summed E-state index contributed by atoms with van der Waals surface area (Å²) in [6.45, 7) is 5.83. The number of nitrogens with zero attached hydrogens (tertiary/aromatic N) is 1. The first-order valence-electron chi connectivity index (χ1n) is 12.6. The van der Waals surface area contributed by atoms with Crippen LogP contribution in [0.3, 0.4) is 0 Å². The summed E-state index contributed by atoms with van der Waals surface area (Å²) in [4.78, 5) is 51.4. The number of esters is 1. The Hall–Kier alpha value is -3.27. The Morgan fingerprint density at radius 2 is 1.74 bits per heavy atom. The van der Waals surface area contributed by atoms with Crippen molar-refractivity contribution in [1.29, 1.82) is 0 Å². The number of aromatic nitrogens is 1. The molecule has 2 amide bonds. The second kappa shape index (κ2) is 10.8. The molecule has 0 saturated heterocycles. The number of hydrogen-bond donors (Lipinski definition) is 2. The molecular formula is C27H30ClF2N3O5. The van der Waals surface area contributed by atoms with Crippen molar-refractivity contribution in [3.05, 3.63) is 51.8 Å². The molecule has 0 unspecified atom stereocenters. The summed E-state index contributed by atoms with van der Waals surface area (Å²) in [6, 6.07) is 2.65. The highest BCUT2D eigenvalue weighted by molar-refractivity contribution is 6.48. The first kappa shape index (κ1) is 27.8. The van der Waals surface area contributed by atoms with E-state index in [-0.39, 0.29) is 39.9 Å². The van der Waals surface area contributed by atoms with Gasteiger partial charge in [0.25, 0.3) is 17.6 Å². The fourth-order valence-corrected chi connectivity index (χ4v) is 5.37. The predicted molar refractivity (Wildman–Crippen MR) is 136 cm³/mol. The van der Waals surface area contributed by atoms with E-state index in [1.807, 2.05) is 20.8 Å². The van der Waals surface area contributed by atoms with E-state index in [4.69, 9.17) is 16.3 Å². The summed E-state index contributed by atoms with van der Waals surface area (Å²) < 4.78 is 33.8. The van der Waals surface area contributed by atoms with Gasteiger partial charge in [-0.25, -0.2) is 8.78 Å². The first-order chi connectivity index (χ1) is 17.9. The molecule has 1 aliphatic carbocycles. The number of carbonyl (C=O) groups excluding carboxylic acids is 4. The number of carbonyl (C=O) groups is 4. The Kier molecular flexibility index (Phi) is 7.92. The maximum Gasteiger partial charge on any atom is 0.309 e. The number of hydrogen-bond acceptors (Lipinski definition) is 5. The molecular weight excluding hydrogens is 520 g/mol. The van der Waals surface area contributed by atoms with Crippen molar-refractivity contribution in [1.82, 2.24) is 9.88 Å². The fourth-order valence-electron chi connectivity index (χ4n) is 4.98. The lowest BCUT2D eigenvalue weighted by molar-refractivity contribution is -0.161. The molecule has 1 aromatic heterocycles. The normalized spacial score (nSPS) is 19.0. The molecule has 1 saturated carbocycles. The third kappa shape index (κ3) is 5.90. The molecule has 4 rings (SSSR count). The van der Waals surface area contributed by atoms with E-state index >= 15 is 0 Å². The fraction of sp³-hybridized carbons (Fsp3) is 0.481. The molecule has 2 aliphatic rings. The molecule has 2 N–H and O–H groups in total. The highest BCUT2D eigenvalue weighted by Gasteiger charge is 2.36. The molecule has 2 aromatic rings. The van der Waals surface area contributed by atoms with Crippen LogP contribution in [0.25, 0.3) is 0 Å². The Balaban J connectivity index is 1.44. The van der Waals surface area contributed by atoms with Crippen LogP contribution in [0.15, 0.2) is 18.2 Å². The van der Waals surface area contributed by atoms with Gasteiger partial charge in [-0.2, -0.15) is 0 Å². The minimum absolute atomic E-state index is 0.0236. The van der Waals surface area contributed by atoms with Crippen LogP contribution in [0.1, 0.15) is 79.4 Å². The number of ketones is 1. The summed E-state index contributed by atoms with van der Waals surface area (Å²) in [5.74, 6) is -5.08. The summed E-state index contributed by atoms with van der Waals surface area (Å²) in [6.07, 6.45) is 3.21. The summed E-state index contributed by atoms with van der Waals surface area (Å²) in [5, 5.41) is 5.06. The van der Waals surface area contributed by atoms with Crippen LogP contribution in [0.5, 0.6) is 0 Å². The van der Waals surface area contributed by atoms with Crippen LogP contribution >= 0.6 is 11.6 Å². The maximum atomic E-state index is 13.6. The molecule has 0 bridgehead atoms. The zero-order chi connectivity index (χ0) is 27.8. The van der Waals surface area contributed by atoms with E-state index in [0.717, 1.165) is 12.1 Å². The zero-order valence-corrected chi connectivity index (χ0v) is 22.2. The van der Waals surface area contributed by atoms with Gasteiger partial charge in [-0.1, -0.05) is 11.6 Å². The van der Waals surface area contributed by atoms with Crippen molar-refractivity contribution in [2.75, 3.05) is 5.32 Å². The number of rotatable bonds is 6. The topological polar surface area (TPSA) is 106 Å². The third-order valence-corrected chi connectivity index (χ3v) is 7.10. The van der Waals surface area contributed by atoms with Crippen molar-refractivity contribution < 1.29 is 32.7 Å². The van der Waals surface area contributed by atoms with E-state index in [9.17, 15) is 28.0 Å². The van der Waals surface area contributed by atoms with Gasteiger partial charge < -0.3 is 19.9 Å². The maximum absolute atomic E-state index is 13.6.